The van der Waals surface area contributed by atoms with Crippen LogP contribution in [0.1, 0.15) is 0 Å². The highest BCUT2D eigenvalue weighted by Gasteiger charge is 2.12. The van der Waals surface area contributed by atoms with Crippen molar-refractivity contribution in [3.8, 4) is 22.2 Å². The van der Waals surface area contributed by atoms with E-state index in [2.05, 4.69) is 15.2 Å². The molecule has 0 N–H and O–H groups in total. The molecule has 0 amide bonds. The molecule has 0 radical (unpaired) electrons. The molecule has 0 aliphatic heterocycles. The van der Waals surface area contributed by atoms with E-state index in [1.807, 2.05) is 30.8 Å². The molecular weight excluding hydrogens is 224 g/mol. The maximum absolute atomic E-state index is 5.18. The average Bonchev–Trinajstić information content (AvgIpc) is 2.97. The van der Waals surface area contributed by atoms with Crippen molar-refractivity contribution in [2.45, 2.75) is 0 Å². The minimum absolute atomic E-state index is 0.497. The van der Waals surface area contributed by atoms with Crippen LogP contribution in [0.2, 0.25) is 0 Å². The first-order valence-corrected chi connectivity index (χ1v) is 5.57. The molecule has 16 heavy (non-hydrogen) atoms. The van der Waals surface area contributed by atoms with E-state index in [1.165, 1.54) is 0 Å². The van der Waals surface area contributed by atoms with Crippen LogP contribution in [0, 0.1) is 0 Å². The third kappa shape index (κ3) is 1.53. The van der Waals surface area contributed by atoms with Gasteiger partial charge < -0.3 is 4.52 Å². The Labute approximate surface area is 95.3 Å². The molecule has 0 unspecified atom stereocenters. The van der Waals surface area contributed by atoms with Crippen molar-refractivity contribution in [1.29, 1.82) is 0 Å². The minimum Gasteiger partial charge on any atom is -0.333 e. The van der Waals surface area contributed by atoms with Crippen LogP contribution in [0.25, 0.3) is 22.2 Å². The lowest BCUT2D eigenvalue weighted by Gasteiger charge is -1.84. The SMILES string of the molecule is Cn1cc(-c2nc(-c3cccs3)no2)cn1. The monoisotopic (exact) mass is 232 g/mol. The van der Waals surface area contributed by atoms with Gasteiger partial charge in [-0.3, -0.25) is 4.68 Å². The van der Waals surface area contributed by atoms with Crippen molar-refractivity contribution >= 4 is 11.3 Å². The zero-order valence-electron chi connectivity index (χ0n) is 8.49. The van der Waals surface area contributed by atoms with Crippen molar-refractivity contribution in [3.05, 3.63) is 29.9 Å². The van der Waals surface area contributed by atoms with E-state index >= 15 is 0 Å². The maximum atomic E-state index is 5.18. The third-order valence-electron chi connectivity index (χ3n) is 2.12. The number of hydrogen-bond donors (Lipinski definition) is 0. The van der Waals surface area contributed by atoms with Gasteiger partial charge in [0.2, 0.25) is 5.82 Å². The van der Waals surface area contributed by atoms with E-state index in [9.17, 15) is 0 Å². The van der Waals surface area contributed by atoms with Gasteiger partial charge in [-0.05, 0) is 11.4 Å². The second-order valence-corrected chi connectivity index (χ2v) is 4.25. The largest absolute Gasteiger partial charge is 0.333 e. The van der Waals surface area contributed by atoms with E-state index in [0.717, 1.165) is 10.4 Å². The Morgan fingerprint density at radius 1 is 1.44 bits per heavy atom. The summed E-state index contributed by atoms with van der Waals surface area (Å²) in [6, 6.07) is 3.92. The summed E-state index contributed by atoms with van der Waals surface area (Å²) in [7, 11) is 1.85. The quantitative estimate of drug-likeness (QED) is 0.679. The number of aromatic nitrogens is 4. The van der Waals surface area contributed by atoms with E-state index in [4.69, 9.17) is 4.52 Å². The molecule has 0 bridgehead atoms. The van der Waals surface area contributed by atoms with Crippen LogP contribution in [-0.2, 0) is 7.05 Å². The van der Waals surface area contributed by atoms with Gasteiger partial charge in [-0.1, -0.05) is 11.2 Å². The molecule has 3 heterocycles. The fourth-order valence-electron chi connectivity index (χ4n) is 1.38. The molecule has 0 spiro atoms. The van der Waals surface area contributed by atoms with Gasteiger partial charge in [0.1, 0.15) is 0 Å². The highest BCUT2D eigenvalue weighted by atomic mass is 32.1. The number of nitrogens with zero attached hydrogens (tertiary/aromatic N) is 4. The minimum atomic E-state index is 0.497. The molecule has 6 heteroatoms. The Bertz CT molecular complexity index is 596. The summed E-state index contributed by atoms with van der Waals surface area (Å²) in [6.07, 6.45) is 3.54. The summed E-state index contributed by atoms with van der Waals surface area (Å²) in [5.74, 6) is 1.12. The summed E-state index contributed by atoms with van der Waals surface area (Å²) >= 11 is 1.58. The number of rotatable bonds is 2. The topological polar surface area (TPSA) is 56.7 Å². The third-order valence-corrected chi connectivity index (χ3v) is 2.99. The molecule has 80 valence electrons. The molecule has 0 aromatic carbocycles. The fourth-order valence-corrected chi connectivity index (χ4v) is 2.03. The Balaban J connectivity index is 2.00. The van der Waals surface area contributed by atoms with Crippen LogP contribution in [-0.4, -0.2) is 19.9 Å². The van der Waals surface area contributed by atoms with Crippen molar-refractivity contribution in [2.24, 2.45) is 7.05 Å². The van der Waals surface area contributed by atoms with Gasteiger partial charge in [-0.25, -0.2) is 0 Å². The highest BCUT2D eigenvalue weighted by molar-refractivity contribution is 7.13. The molecule has 3 aromatic heterocycles. The zero-order valence-corrected chi connectivity index (χ0v) is 9.31. The summed E-state index contributed by atoms with van der Waals surface area (Å²) in [6.45, 7) is 0. The fraction of sp³-hybridized carbons (Fsp3) is 0.100. The molecule has 3 aromatic rings. The second kappa shape index (κ2) is 3.57. The molecule has 0 saturated heterocycles. The predicted molar refractivity (Wildman–Crippen MR) is 59.8 cm³/mol. The molecule has 5 nitrogen and oxygen atoms in total. The van der Waals surface area contributed by atoms with Gasteiger partial charge in [-0.15, -0.1) is 11.3 Å². The molecular formula is C10H8N4OS. The normalized spacial score (nSPS) is 10.8. The van der Waals surface area contributed by atoms with Gasteiger partial charge in [-0.2, -0.15) is 10.1 Å². The summed E-state index contributed by atoms with van der Waals surface area (Å²) in [4.78, 5) is 5.31. The lowest BCUT2D eigenvalue weighted by atomic mass is 10.3. The summed E-state index contributed by atoms with van der Waals surface area (Å²) < 4.78 is 6.88. The lowest BCUT2D eigenvalue weighted by Crippen LogP contribution is -1.84. The van der Waals surface area contributed by atoms with E-state index in [1.54, 1.807) is 22.2 Å². The van der Waals surface area contributed by atoms with Crippen LogP contribution >= 0.6 is 11.3 Å². The Morgan fingerprint density at radius 3 is 3.06 bits per heavy atom. The van der Waals surface area contributed by atoms with Crippen molar-refractivity contribution in [2.75, 3.05) is 0 Å². The first kappa shape index (κ1) is 9.29. The molecule has 3 rings (SSSR count). The zero-order chi connectivity index (χ0) is 11.0. The average molecular weight is 232 g/mol. The van der Waals surface area contributed by atoms with Gasteiger partial charge in [0.25, 0.3) is 5.89 Å². The first-order valence-electron chi connectivity index (χ1n) is 4.69. The van der Waals surface area contributed by atoms with Gasteiger partial charge in [0.05, 0.1) is 16.6 Å². The number of hydrogen-bond acceptors (Lipinski definition) is 5. The van der Waals surface area contributed by atoms with Gasteiger partial charge >= 0.3 is 0 Å². The number of thiophene rings is 1. The molecule has 0 aliphatic rings. The van der Waals surface area contributed by atoms with Crippen LogP contribution in [0.3, 0.4) is 0 Å². The number of aryl methyl sites for hydroxylation is 1. The molecule has 0 fully saturated rings. The van der Waals surface area contributed by atoms with Crippen LogP contribution in [0.5, 0.6) is 0 Å². The highest BCUT2D eigenvalue weighted by Crippen LogP contribution is 2.24. The van der Waals surface area contributed by atoms with Gasteiger partial charge in [0, 0.05) is 13.2 Å². The van der Waals surface area contributed by atoms with Crippen molar-refractivity contribution in [3.63, 3.8) is 0 Å². The van der Waals surface area contributed by atoms with Crippen LogP contribution in [0.15, 0.2) is 34.4 Å². The standard InChI is InChI=1S/C10H8N4OS/c1-14-6-7(5-11-14)10-12-9(13-15-10)8-3-2-4-16-8/h2-6H,1H3. The molecule has 0 atom stereocenters. The summed E-state index contributed by atoms with van der Waals surface area (Å²) in [5, 5.41) is 9.97. The Hall–Kier alpha value is -1.95. The smallest absolute Gasteiger partial charge is 0.261 e. The van der Waals surface area contributed by atoms with E-state index in [0.29, 0.717) is 11.7 Å². The van der Waals surface area contributed by atoms with E-state index in [-0.39, 0.29) is 0 Å². The van der Waals surface area contributed by atoms with Gasteiger partial charge in [0.15, 0.2) is 0 Å². The molecule has 0 saturated carbocycles. The van der Waals surface area contributed by atoms with Crippen molar-refractivity contribution in [1.82, 2.24) is 19.9 Å². The Morgan fingerprint density at radius 2 is 2.38 bits per heavy atom. The maximum Gasteiger partial charge on any atom is 0.261 e. The first-order chi connectivity index (χ1) is 7.83. The van der Waals surface area contributed by atoms with Crippen LogP contribution < -0.4 is 0 Å². The van der Waals surface area contributed by atoms with E-state index < -0.39 is 0 Å². The summed E-state index contributed by atoms with van der Waals surface area (Å²) in [5.41, 5.74) is 0.831. The lowest BCUT2D eigenvalue weighted by molar-refractivity contribution is 0.432. The second-order valence-electron chi connectivity index (χ2n) is 3.30. The Kier molecular flexibility index (Phi) is 2.07. The predicted octanol–water partition coefficient (Wildman–Crippen LogP) is 2.20. The van der Waals surface area contributed by atoms with Crippen LogP contribution in [0.4, 0.5) is 0 Å². The molecule has 0 aliphatic carbocycles. The van der Waals surface area contributed by atoms with Crippen molar-refractivity contribution < 1.29 is 4.52 Å².